The largest absolute Gasteiger partial charge is 0.308 e. The van der Waals surface area contributed by atoms with Crippen LogP contribution in [0.5, 0.6) is 0 Å². The molecule has 1 N–H and O–H groups in total. The number of aryl methyl sites for hydroxylation is 2. The lowest BCUT2D eigenvalue weighted by Gasteiger charge is -2.19. The summed E-state index contributed by atoms with van der Waals surface area (Å²) in [5, 5.41) is 3.40. The second-order valence-corrected chi connectivity index (χ2v) is 4.72. The number of hydrogen-bond donors (Lipinski definition) is 1. The first-order valence-corrected chi connectivity index (χ1v) is 7.00. The highest BCUT2D eigenvalue weighted by Crippen LogP contribution is 2.24. The van der Waals surface area contributed by atoms with Crippen LogP contribution in [0.15, 0.2) is 42.6 Å². The molecular weight excluding hydrogens is 232 g/mol. The Morgan fingerprint density at radius 3 is 2.63 bits per heavy atom. The molecule has 100 valence electrons. The maximum absolute atomic E-state index is 4.59. The second kappa shape index (κ2) is 6.48. The Morgan fingerprint density at radius 1 is 1.11 bits per heavy atom. The van der Waals surface area contributed by atoms with Crippen molar-refractivity contribution in [2.75, 3.05) is 7.05 Å². The van der Waals surface area contributed by atoms with Crippen LogP contribution in [-0.2, 0) is 12.8 Å². The lowest BCUT2D eigenvalue weighted by molar-refractivity contribution is 0.661. The Hall–Kier alpha value is -1.67. The molecule has 0 aliphatic carbocycles. The topological polar surface area (TPSA) is 24.9 Å². The molecule has 0 aliphatic heterocycles. The quantitative estimate of drug-likeness (QED) is 0.883. The minimum atomic E-state index is 0.169. The van der Waals surface area contributed by atoms with Gasteiger partial charge in [-0.25, -0.2) is 0 Å². The molecule has 0 saturated carbocycles. The standard InChI is InChI=1S/C17H22N2/c1-4-13-8-6-9-15(12-13)16(18-3)17-14(5-2)10-7-11-19-17/h6-12,16,18H,4-5H2,1-3H3. The Bertz CT molecular complexity index is 534. The average Bonchev–Trinajstić information content (AvgIpc) is 2.49. The predicted octanol–water partition coefficient (Wildman–Crippen LogP) is 3.52. The van der Waals surface area contributed by atoms with Crippen molar-refractivity contribution in [3.05, 3.63) is 65.0 Å². The lowest BCUT2D eigenvalue weighted by atomic mass is 9.96. The molecule has 2 aromatic rings. The fourth-order valence-corrected chi connectivity index (χ4v) is 2.46. The van der Waals surface area contributed by atoms with E-state index in [0.717, 1.165) is 18.5 Å². The van der Waals surface area contributed by atoms with Gasteiger partial charge in [-0.15, -0.1) is 0 Å². The van der Waals surface area contributed by atoms with Crippen LogP contribution in [0.3, 0.4) is 0 Å². The van der Waals surface area contributed by atoms with Gasteiger partial charge < -0.3 is 5.32 Å². The fourth-order valence-electron chi connectivity index (χ4n) is 2.46. The maximum Gasteiger partial charge on any atom is 0.0751 e. The number of aromatic nitrogens is 1. The van der Waals surface area contributed by atoms with E-state index in [2.05, 4.69) is 54.5 Å². The zero-order valence-corrected chi connectivity index (χ0v) is 12.0. The summed E-state index contributed by atoms with van der Waals surface area (Å²) in [6.45, 7) is 4.36. The monoisotopic (exact) mass is 254 g/mol. The van der Waals surface area contributed by atoms with E-state index in [1.54, 1.807) is 0 Å². The van der Waals surface area contributed by atoms with E-state index in [0.29, 0.717) is 0 Å². The summed E-state index contributed by atoms with van der Waals surface area (Å²) in [7, 11) is 2.00. The third kappa shape index (κ3) is 3.02. The molecule has 0 fully saturated rings. The van der Waals surface area contributed by atoms with Gasteiger partial charge in [0.1, 0.15) is 0 Å². The fraction of sp³-hybridized carbons (Fsp3) is 0.353. The zero-order valence-electron chi connectivity index (χ0n) is 12.0. The van der Waals surface area contributed by atoms with E-state index >= 15 is 0 Å². The smallest absolute Gasteiger partial charge is 0.0751 e. The Morgan fingerprint density at radius 2 is 1.95 bits per heavy atom. The number of hydrogen-bond acceptors (Lipinski definition) is 2. The van der Waals surface area contributed by atoms with Gasteiger partial charge in [-0.3, -0.25) is 4.98 Å². The van der Waals surface area contributed by atoms with E-state index < -0.39 is 0 Å². The van der Waals surface area contributed by atoms with Crippen LogP contribution in [-0.4, -0.2) is 12.0 Å². The maximum atomic E-state index is 4.59. The summed E-state index contributed by atoms with van der Waals surface area (Å²) < 4.78 is 0. The first-order chi connectivity index (χ1) is 9.30. The second-order valence-electron chi connectivity index (χ2n) is 4.72. The predicted molar refractivity (Wildman–Crippen MR) is 80.3 cm³/mol. The summed E-state index contributed by atoms with van der Waals surface area (Å²) in [5.74, 6) is 0. The molecule has 1 aromatic carbocycles. The molecule has 19 heavy (non-hydrogen) atoms. The molecule has 0 aliphatic rings. The number of nitrogens with zero attached hydrogens (tertiary/aromatic N) is 1. The van der Waals surface area contributed by atoms with Crippen molar-refractivity contribution in [3.63, 3.8) is 0 Å². The Labute approximate surface area is 115 Å². The van der Waals surface area contributed by atoms with E-state index in [4.69, 9.17) is 0 Å². The third-order valence-corrected chi connectivity index (χ3v) is 3.56. The van der Waals surface area contributed by atoms with Crippen molar-refractivity contribution >= 4 is 0 Å². The molecule has 0 amide bonds. The highest BCUT2D eigenvalue weighted by Gasteiger charge is 2.16. The van der Waals surface area contributed by atoms with Crippen molar-refractivity contribution in [2.24, 2.45) is 0 Å². The van der Waals surface area contributed by atoms with E-state index in [-0.39, 0.29) is 6.04 Å². The molecular formula is C17H22N2. The van der Waals surface area contributed by atoms with Gasteiger partial charge in [-0.1, -0.05) is 44.2 Å². The van der Waals surface area contributed by atoms with Crippen molar-refractivity contribution in [1.29, 1.82) is 0 Å². The minimum Gasteiger partial charge on any atom is -0.308 e. The van der Waals surface area contributed by atoms with E-state index in [1.165, 1.54) is 16.7 Å². The molecule has 0 saturated heterocycles. The number of pyridine rings is 1. The molecule has 1 heterocycles. The number of rotatable bonds is 5. The van der Waals surface area contributed by atoms with Gasteiger partial charge in [0.05, 0.1) is 11.7 Å². The third-order valence-electron chi connectivity index (χ3n) is 3.56. The highest BCUT2D eigenvalue weighted by molar-refractivity contribution is 5.35. The van der Waals surface area contributed by atoms with Gasteiger partial charge in [-0.2, -0.15) is 0 Å². The van der Waals surface area contributed by atoms with Crippen LogP contribution < -0.4 is 5.32 Å². The van der Waals surface area contributed by atoms with E-state index in [1.807, 2.05) is 19.3 Å². The van der Waals surface area contributed by atoms with Gasteiger partial charge >= 0.3 is 0 Å². The van der Waals surface area contributed by atoms with Crippen molar-refractivity contribution in [2.45, 2.75) is 32.7 Å². The average molecular weight is 254 g/mol. The normalized spacial score (nSPS) is 12.4. The number of benzene rings is 1. The SMILES string of the molecule is CCc1cccc(C(NC)c2ncccc2CC)c1. The lowest BCUT2D eigenvalue weighted by Crippen LogP contribution is -2.20. The highest BCUT2D eigenvalue weighted by atomic mass is 14.9. The molecule has 1 unspecified atom stereocenters. The van der Waals surface area contributed by atoms with E-state index in [9.17, 15) is 0 Å². The summed E-state index contributed by atoms with van der Waals surface area (Å²) in [4.78, 5) is 4.59. The van der Waals surface area contributed by atoms with Crippen LogP contribution >= 0.6 is 0 Å². The molecule has 0 bridgehead atoms. The Balaban J connectivity index is 2.43. The van der Waals surface area contributed by atoms with Crippen molar-refractivity contribution < 1.29 is 0 Å². The molecule has 2 heteroatoms. The van der Waals surface area contributed by atoms with Gasteiger partial charge in [-0.05, 0) is 42.6 Å². The molecule has 0 radical (unpaired) electrons. The Kier molecular flexibility index (Phi) is 4.69. The summed E-state index contributed by atoms with van der Waals surface area (Å²) in [6, 6.07) is 13.1. The van der Waals surface area contributed by atoms with Crippen LogP contribution in [0.2, 0.25) is 0 Å². The van der Waals surface area contributed by atoms with Crippen molar-refractivity contribution in [3.8, 4) is 0 Å². The molecule has 2 nitrogen and oxygen atoms in total. The zero-order chi connectivity index (χ0) is 13.7. The molecule has 1 atom stereocenters. The van der Waals surface area contributed by atoms with Crippen LogP contribution in [0.1, 0.15) is 42.3 Å². The number of nitrogens with one attached hydrogen (secondary N) is 1. The summed E-state index contributed by atoms with van der Waals surface area (Å²) in [5.41, 5.74) is 5.10. The minimum absolute atomic E-state index is 0.169. The molecule has 0 spiro atoms. The molecule has 2 rings (SSSR count). The van der Waals surface area contributed by atoms with Crippen LogP contribution in [0, 0.1) is 0 Å². The summed E-state index contributed by atoms with van der Waals surface area (Å²) >= 11 is 0. The summed E-state index contributed by atoms with van der Waals surface area (Å²) in [6.07, 6.45) is 3.95. The van der Waals surface area contributed by atoms with Gasteiger partial charge in [0.15, 0.2) is 0 Å². The van der Waals surface area contributed by atoms with Crippen LogP contribution in [0.4, 0.5) is 0 Å². The van der Waals surface area contributed by atoms with Gasteiger partial charge in [0, 0.05) is 6.20 Å². The van der Waals surface area contributed by atoms with Gasteiger partial charge in [0.25, 0.3) is 0 Å². The van der Waals surface area contributed by atoms with Crippen LogP contribution in [0.25, 0.3) is 0 Å². The van der Waals surface area contributed by atoms with Gasteiger partial charge in [0.2, 0.25) is 0 Å². The van der Waals surface area contributed by atoms with Crippen molar-refractivity contribution in [1.82, 2.24) is 10.3 Å². The molecule has 1 aromatic heterocycles. The first kappa shape index (κ1) is 13.8. The first-order valence-electron chi connectivity index (χ1n) is 7.00.